The van der Waals surface area contributed by atoms with E-state index in [1.165, 1.54) is 12.8 Å². The minimum atomic E-state index is -0.823. The summed E-state index contributed by atoms with van der Waals surface area (Å²) >= 11 is 0. The van der Waals surface area contributed by atoms with E-state index in [1.54, 1.807) is 6.07 Å². The van der Waals surface area contributed by atoms with Gasteiger partial charge in [0, 0.05) is 12.3 Å². The van der Waals surface area contributed by atoms with E-state index >= 15 is 0 Å². The third-order valence-electron chi connectivity index (χ3n) is 5.46. The summed E-state index contributed by atoms with van der Waals surface area (Å²) in [6.45, 7) is 4.67. The summed E-state index contributed by atoms with van der Waals surface area (Å²) in [4.78, 5) is 0. The Labute approximate surface area is 155 Å². The molecule has 3 rings (SSSR count). The van der Waals surface area contributed by atoms with Crippen molar-refractivity contribution < 1.29 is 18.3 Å². The van der Waals surface area contributed by atoms with Crippen LogP contribution < -0.4 is 4.74 Å². The molecule has 0 saturated carbocycles. The number of hydrogen-bond acceptors (Lipinski definition) is 2. The summed E-state index contributed by atoms with van der Waals surface area (Å²) in [7, 11) is 0. The van der Waals surface area contributed by atoms with Crippen LogP contribution >= 0.6 is 0 Å². The number of aryl methyl sites for hydroxylation is 1. The van der Waals surface area contributed by atoms with Crippen molar-refractivity contribution in [3.8, 4) is 5.75 Å². The van der Waals surface area contributed by atoms with Crippen LogP contribution in [0.3, 0.4) is 0 Å². The zero-order valence-corrected chi connectivity index (χ0v) is 16.0. The van der Waals surface area contributed by atoms with Crippen molar-refractivity contribution in [1.82, 2.24) is 0 Å². The van der Waals surface area contributed by atoms with E-state index < -0.39 is 11.6 Å². The molecule has 0 bridgehead atoms. The van der Waals surface area contributed by atoms with E-state index in [-0.39, 0.29) is 17.8 Å². The van der Waals surface area contributed by atoms with Crippen LogP contribution in [0.4, 0.5) is 8.78 Å². The van der Waals surface area contributed by atoms with Gasteiger partial charge in [-0.3, -0.25) is 0 Å². The van der Waals surface area contributed by atoms with Crippen LogP contribution in [0.1, 0.15) is 82.3 Å². The van der Waals surface area contributed by atoms with Gasteiger partial charge in [0.15, 0.2) is 11.6 Å². The Hall–Kier alpha value is -1.58. The molecule has 2 nitrogen and oxygen atoms in total. The van der Waals surface area contributed by atoms with E-state index in [0.29, 0.717) is 18.6 Å². The largest absolute Gasteiger partial charge is 0.498 e. The Bertz CT molecular complexity index is 654. The first-order valence-corrected chi connectivity index (χ1v) is 10.1. The van der Waals surface area contributed by atoms with E-state index in [0.717, 1.165) is 49.8 Å². The van der Waals surface area contributed by atoms with Gasteiger partial charge in [0.05, 0.1) is 18.5 Å². The third-order valence-corrected chi connectivity index (χ3v) is 5.46. The van der Waals surface area contributed by atoms with Crippen molar-refractivity contribution in [2.24, 2.45) is 0 Å². The maximum atomic E-state index is 14.7. The molecule has 0 aliphatic carbocycles. The SMILES string of the molecule is CCCCCC1=CCC(c2cc3c(c(F)c2F)OC(CCC)CC3)CO1. The minimum Gasteiger partial charge on any atom is -0.498 e. The molecular formula is C22H30F2O2. The molecule has 1 aromatic rings. The molecule has 0 spiro atoms. The van der Waals surface area contributed by atoms with E-state index in [1.807, 2.05) is 6.08 Å². The molecule has 0 saturated heterocycles. The molecule has 2 atom stereocenters. The molecule has 2 aliphatic heterocycles. The van der Waals surface area contributed by atoms with Crippen molar-refractivity contribution in [2.75, 3.05) is 6.61 Å². The predicted octanol–water partition coefficient (Wildman–Crippen LogP) is 6.43. The van der Waals surface area contributed by atoms with Crippen LogP contribution in [0.25, 0.3) is 0 Å². The van der Waals surface area contributed by atoms with Crippen LogP contribution in [-0.4, -0.2) is 12.7 Å². The predicted molar refractivity (Wildman–Crippen MR) is 99.5 cm³/mol. The fourth-order valence-corrected chi connectivity index (χ4v) is 3.91. The standard InChI is InChI=1S/C22H30F2O2/c1-3-5-6-8-17-11-10-16(14-25-17)19-13-15-9-12-18(7-4-2)26-22(15)21(24)20(19)23/h11,13,16,18H,3-10,12,14H2,1-2H3. The van der Waals surface area contributed by atoms with Crippen LogP contribution in [-0.2, 0) is 11.2 Å². The van der Waals surface area contributed by atoms with Gasteiger partial charge in [-0.05, 0) is 55.4 Å². The van der Waals surface area contributed by atoms with Gasteiger partial charge in [-0.1, -0.05) is 33.1 Å². The van der Waals surface area contributed by atoms with Crippen LogP contribution in [0, 0.1) is 11.6 Å². The zero-order valence-electron chi connectivity index (χ0n) is 16.0. The number of fused-ring (bicyclic) bond motifs is 1. The topological polar surface area (TPSA) is 18.5 Å². The lowest BCUT2D eigenvalue weighted by Gasteiger charge is -2.29. The summed E-state index contributed by atoms with van der Waals surface area (Å²) in [5, 5.41) is 0. The van der Waals surface area contributed by atoms with Crippen molar-refractivity contribution in [3.63, 3.8) is 0 Å². The second kappa shape index (κ2) is 8.88. The van der Waals surface area contributed by atoms with Gasteiger partial charge in [-0.15, -0.1) is 0 Å². The van der Waals surface area contributed by atoms with E-state index in [9.17, 15) is 8.78 Å². The molecule has 0 radical (unpaired) electrons. The Kier molecular flexibility index (Phi) is 6.55. The Balaban J connectivity index is 1.73. The molecule has 26 heavy (non-hydrogen) atoms. The van der Waals surface area contributed by atoms with Crippen molar-refractivity contribution >= 4 is 0 Å². The highest BCUT2D eigenvalue weighted by molar-refractivity contribution is 5.43. The number of ether oxygens (including phenoxy) is 2. The normalized spacial score (nSPS) is 22.2. The second-order valence-electron chi connectivity index (χ2n) is 7.52. The van der Waals surface area contributed by atoms with Crippen molar-refractivity contribution in [2.45, 2.75) is 83.7 Å². The first-order valence-electron chi connectivity index (χ1n) is 10.1. The van der Waals surface area contributed by atoms with Gasteiger partial charge < -0.3 is 9.47 Å². The highest BCUT2D eigenvalue weighted by Crippen LogP contribution is 2.39. The molecule has 2 heterocycles. The molecule has 1 aromatic carbocycles. The Morgan fingerprint density at radius 3 is 2.65 bits per heavy atom. The molecule has 2 aliphatic rings. The summed E-state index contributed by atoms with van der Waals surface area (Å²) in [5.74, 6) is -0.589. The van der Waals surface area contributed by atoms with Crippen molar-refractivity contribution in [3.05, 3.63) is 40.7 Å². The van der Waals surface area contributed by atoms with Gasteiger partial charge in [0.25, 0.3) is 0 Å². The van der Waals surface area contributed by atoms with Crippen molar-refractivity contribution in [1.29, 1.82) is 0 Å². The van der Waals surface area contributed by atoms with Crippen LogP contribution in [0.15, 0.2) is 17.9 Å². The van der Waals surface area contributed by atoms with E-state index in [2.05, 4.69) is 13.8 Å². The highest BCUT2D eigenvalue weighted by Gasteiger charge is 2.30. The number of allylic oxidation sites excluding steroid dienone is 2. The lowest BCUT2D eigenvalue weighted by molar-refractivity contribution is 0.150. The minimum absolute atomic E-state index is 0.00104. The first-order chi connectivity index (χ1) is 12.6. The fourth-order valence-electron chi connectivity index (χ4n) is 3.91. The zero-order chi connectivity index (χ0) is 18.5. The average Bonchev–Trinajstić information content (AvgIpc) is 2.66. The van der Waals surface area contributed by atoms with Gasteiger partial charge in [-0.25, -0.2) is 4.39 Å². The van der Waals surface area contributed by atoms with Gasteiger partial charge >= 0.3 is 0 Å². The molecule has 144 valence electrons. The average molecular weight is 364 g/mol. The van der Waals surface area contributed by atoms with E-state index in [4.69, 9.17) is 9.47 Å². The summed E-state index contributed by atoms with van der Waals surface area (Å²) < 4.78 is 40.9. The lowest BCUT2D eigenvalue weighted by atomic mass is 9.89. The number of unbranched alkanes of at least 4 members (excludes halogenated alkanes) is 2. The Morgan fingerprint density at radius 2 is 1.96 bits per heavy atom. The summed E-state index contributed by atoms with van der Waals surface area (Å²) in [6.07, 6.45) is 10.6. The molecule has 0 N–H and O–H groups in total. The smallest absolute Gasteiger partial charge is 0.201 e. The molecule has 0 fully saturated rings. The molecule has 4 heteroatoms. The number of benzene rings is 1. The van der Waals surface area contributed by atoms with Gasteiger partial charge in [0.2, 0.25) is 5.82 Å². The number of rotatable bonds is 7. The maximum Gasteiger partial charge on any atom is 0.201 e. The third kappa shape index (κ3) is 4.21. The Morgan fingerprint density at radius 1 is 1.12 bits per heavy atom. The lowest BCUT2D eigenvalue weighted by Crippen LogP contribution is -2.24. The maximum absolute atomic E-state index is 14.7. The second-order valence-corrected chi connectivity index (χ2v) is 7.52. The number of halogens is 2. The monoisotopic (exact) mass is 364 g/mol. The molecule has 0 amide bonds. The van der Waals surface area contributed by atoms with Crippen LogP contribution in [0.2, 0.25) is 0 Å². The molecule has 0 aromatic heterocycles. The van der Waals surface area contributed by atoms with Crippen LogP contribution in [0.5, 0.6) is 5.75 Å². The summed E-state index contributed by atoms with van der Waals surface area (Å²) in [5.41, 5.74) is 1.23. The molecule has 2 unspecified atom stereocenters. The molecular weight excluding hydrogens is 334 g/mol. The quantitative estimate of drug-likeness (QED) is 0.519. The fraction of sp³-hybridized carbons (Fsp3) is 0.636. The van der Waals surface area contributed by atoms with Gasteiger partial charge in [-0.2, -0.15) is 4.39 Å². The highest BCUT2D eigenvalue weighted by atomic mass is 19.2. The summed E-state index contributed by atoms with van der Waals surface area (Å²) in [6, 6.07) is 1.81. The first kappa shape index (κ1) is 19.2. The van der Waals surface area contributed by atoms with Gasteiger partial charge in [0.1, 0.15) is 0 Å². The number of hydrogen-bond donors (Lipinski definition) is 0.